The van der Waals surface area contributed by atoms with Crippen LogP contribution in [0, 0.1) is 0 Å². The molecule has 2 aromatic heterocycles. The van der Waals surface area contributed by atoms with Crippen molar-refractivity contribution in [2.24, 2.45) is 0 Å². The Morgan fingerprint density at radius 2 is 2.15 bits per heavy atom. The van der Waals surface area contributed by atoms with Crippen LogP contribution in [-0.4, -0.2) is 4.98 Å². The van der Waals surface area contributed by atoms with E-state index in [1.807, 2.05) is 0 Å². The van der Waals surface area contributed by atoms with Gasteiger partial charge in [0.25, 0.3) is 0 Å². The molecular weight excluding hydrogens is 178 g/mol. The van der Waals surface area contributed by atoms with Gasteiger partial charge in [0.2, 0.25) is 0 Å². The van der Waals surface area contributed by atoms with E-state index < -0.39 is 0 Å². The topological polar surface area (TPSA) is 12.9 Å². The lowest BCUT2D eigenvalue weighted by Gasteiger charge is -2.03. The van der Waals surface area contributed by atoms with Crippen molar-refractivity contribution in [1.29, 1.82) is 0 Å². The van der Waals surface area contributed by atoms with E-state index >= 15 is 0 Å². The van der Waals surface area contributed by atoms with Gasteiger partial charge in [-0.1, -0.05) is 13.8 Å². The maximum atomic E-state index is 4.64. The summed E-state index contributed by atoms with van der Waals surface area (Å²) in [5.41, 5.74) is 2.66. The Hall–Kier alpha value is -0.890. The lowest BCUT2D eigenvalue weighted by molar-refractivity contribution is 0.984. The van der Waals surface area contributed by atoms with Crippen LogP contribution in [0.1, 0.15) is 25.1 Å². The normalized spacial score (nSPS) is 10.9. The first-order valence-electron chi connectivity index (χ1n) is 4.71. The zero-order valence-corrected chi connectivity index (χ0v) is 8.82. The van der Waals surface area contributed by atoms with Crippen molar-refractivity contribution in [2.45, 2.75) is 26.7 Å². The smallest absolute Gasteiger partial charge is 0.123 e. The molecule has 2 heterocycles. The molecule has 0 amide bonds. The maximum Gasteiger partial charge on any atom is 0.123 e. The van der Waals surface area contributed by atoms with Gasteiger partial charge < -0.3 is 0 Å². The monoisotopic (exact) mass is 191 g/mol. The molecule has 0 unspecified atom stereocenters. The van der Waals surface area contributed by atoms with E-state index in [1.165, 1.54) is 21.5 Å². The van der Waals surface area contributed by atoms with E-state index in [4.69, 9.17) is 0 Å². The molecule has 0 N–H and O–H groups in total. The summed E-state index contributed by atoms with van der Waals surface area (Å²) in [4.78, 5) is 5.82. The third kappa shape index (κ3) is 1.46. The molecule has 0 bridgehead atoms. The third-order valence-electron chi connectivity index (χ3n) is 2.33. The quantitative estimate of drug-likeness (QED) is 0.708. The number of pyridine rings is 1. The Kier molecular flexibility index (Phi) is 2.32. The largest absolute Gasteiger partial charge is 0.242 e. The van der Waals surface area contributed by atoms with Gasteiger partial charge in [0.05, 0.1) is 0 Å². The van der Waals surface area contributed by atoms with Gasteiger partial charge in [0.15, 0.2) is 0 Å². The number of nitrogens with zero attached hydrogens (tertiary/aromatic N) is 1. The summed E-state index contributed by atoms with van der Waals surface area (Å²) in [7, 11) is 0. The number of aryl methyl sites for hydroxylation is 2. The molecule has 1 nitrogen and oxygen atoms in total. The Balaban J connectivity index is 2.67. The van der Waals surface area contributed by atoms with Gasteiger partial charge in [-0.3, -0.25) is 0 Å². The molecule has 2 aromatic rings. The molecule has 0 spiro atoms. The van der Waals surface area contributed by atoms with Gasteiger partial charge in [-0.2, -0.15) is 0 Å². The van der Waals surface area contributed by atoms with Crippen LogP contribution >= 0.6 is 11.3 Å². The van der Waals surface area contributed by atoms with Crippen LogP contribution in [0.3, 0.4) is 0 Å². The fourth-order valence-electron chi connectivity index (χ4n) is 1.59. The fourth-order valence-corrected chi connectivity index (χ4v) is 2.36. The summed E-state index contributed by atoms with van der Waals surface area (Å²) in [6.07, 6.45) is 2.12. The first kappa shape index (κ1) is 8.70. The van der Waals surface area contributed by atoms with Crippen molar-refractivity contribution < 1.29 is 0 Å². The predicted molar refractivity (Wildman–Crippen MR) is 58.4 cm³/mol. The predicted octanol–water partition coefficient (Wildman–Crippen LogP) is 3.42. The number of fused-ring (bicyclic) bond motifs is 1. The van der Waals surface area contributed by atoms with Crippen molar-refractivity contribution in [3.8, 4) is 0 Å². The van der Waals surface area contributed by atoms with Crippen LogP contribution in [-0.2, 0) is 12.8 Å². The Bertz CT molecular complexity index is 379. The highest BCUT2D eigenvalue weighted by Crippen LogP contribution is 2.22. The van der Waals surface area contributed by atoms with Crippen LogP contribution in [0.25, 0.3) is 10.2 Å². The standard InChI is InChI=1S/C11H13NS/c1-3-8-7-9-5-6-13-11(9)12-10(8)4-2/h5-7H,3-4H2,1-2H3. The average molecular weight is 191 g/mol. The second kappa shape index (κ2) is 3.46. The summed E-state index contributed by atoms with van der Waals surface area (Å²) >= 11 is 1.72. The van der Waals surface area contributed by atoms with Crippen LogP contribution in [0.4, 0.5) is 0 Å². The van der Waals surface area contributed by atoms with Gasteiger partial charge in [-0.05, 0) is 35.9 Å². The van der Waals surface area contributed by atoms with Crippen molar-refractivity contribution in [1.82, 2.24) is 4.98 Å². The highest BCUT2D eigenvalue weighted by molar-refractivity contribution is 7.16. The van der Waals surface area contributed by atoms with E-state index in [0.29, 0.717) is 0 Å². The molecule has 0 aromatic carbocycles. The summed E-state index contributed by atoms with van der Waals surface area (Å²) in [6, 6.07) is 4.42. The van der Waals surface area contributed by atoms with E-state index in [-0.39, 0.29) is 0 Å². The van der Waals surface area contributed by atoms with Gasteiger partial charge >= 0.3 is 0 Å². The molecule has 0 fully saturated rings. The second-order valence-electron chi connectivity index (χ2n) is 3.12. The number of thiophene rings is 1. The van der Waals surface area contributed by atoms with Crippen LogP contribution in [0.2, 0.25) is 0 Å². The SMILES string of the molecule is CCc1cc2ccsc2nc1CC. The molecule has 0 radical (unpaired) electrons. The van der Waals surface area contributed by atoms with Crippen LogP contribution in [0.15, 0.2) is 17.5 Å². The minimum absolute atomic E-state index is 1.04. The van der Waals surface area contributed by atoms with Crippen molar-refractivity contribution in [3.63, 3.8) is 0 Å². The summed E-state index contributed by atoms with van der Waals surface area (Å²) < 4.78 is 0. The van der Waals surface area contributed by atoms with Crippen molar-refractivity contribution in [2.75, 3.05) is 0 Å². The number of aromatic nitrogens is 1. The van der Waals surface area contributed by atoms with E-state index in [0.717, 1.165) is 12.8 Å². The summed E-state index contributed by atoms with van der Waals surface area (Å²) in [5.74, 6) is 0. The van der Waals surface area contributed by atoms with Gasteiger partial charge in [-0.15, -0.1) is 11.3 Å². The fraction of sp³-hybridized carbons (Fsp3) is 0.364. The molecule has 2 heteroatoms. The van der Waals surface area contributed by atoms with E-state index in [1.54, 1.807) is 11.3 Å². The molecule has 0 saturated heterocycles. The molecule has 13 heavy (non-hydrogen) atoms. The molecule has 2 rings (SSSR count). The van der Waals surface area contributed by atoms with Crippen LogP contribution < -0.4 is 0 Å². The second-order valence-corrected chi connectivity index (χ2v) is 4.01. The minimum atomic E-state index is 1.04. The van der Waals surface area contributed by atoms with Crippen molar-refractivity contribution in [3.05, 3.63) is 28.8 Å². The zero-order chi connectivity index (χ0) is 9.26. The molecule has 68 valence electrons. The first-order chi connectivity index (χ1) is 6.35. The molecule has 0 saturated carbocycles. The molecule has 0 aliphatic carbocycles. The molecule has 0 atom stereocenters. The molecule has 0 aliphatic heterocycles. The summed E-state index contributed by atoms with van der Waals surface area (Å²) in [5, 5.41) is 3.40. The lowest BCUT2D eigenvalue weighted by atomic mass is 10.1. The number of hydrogen-bond donors (Lipinski definition) is 0. The Morgan fingerprint density at radius 1 is 1.31 bits per heavy atom. The van der Waals surface area contributed by atoms with E-state index in [2.05, 4.69) is 36.3 Å². The van der Waals surface area contributed by atoms with Gasteiger partial charge in [-0.25, -0.2) is 4.98 Å². The Labute approximate surface area is 82.4 Å². The summed E-state index contributed by atoms with van der Waals surface area (Å²) in [6.45, 7) is 4.36. The first-order valence-corrected chi connectivity index (χ1v) is 5.59. The van der Waals surface area contributed by atoms with Gasteiger partial charge in [0.1, 0.15) is 4.83 Å². The van der Waals surface area contributed by atoms with Gasteiger partial charge in [0, 0.05) is 11.1 Å². The van der Waals surface area contributed by atoms with Crippen LogP contribution in [0.5, 0.6) is 0 Å². The Morgan fingerprint density at radius 3 is 2.85 bits per heavy atom. The average Bonchev–Trinajstić information content (AvgIpc) is 2.62. The molecule has 0 aliphatic rings. The number of hydrogen-bond acceptors (Lipinski definition) is 2. The highest BCUT2D eigenvalue weighted by atomic mass is 32.1. The molecular formula is C11H13NS. The van der Waals surface area contributed by atoms with Crippen molar-refractivity contribution >= 4 is 21.6 Å². The van der Waals surface area contributed by atoms with E-state index in [9.17, 15) is 0 Å². The maximum absolute atomic E-state index is 4.64. The minimum Gasteiger partial charge on any atom is -0.242 e. The zero-order valence-electron chi connectivity index (χ0n) is 8.00. The highest BCUT2D eigenvalue weighted by Gasteiger charge is 2.03. The number of rotatable bonds is 2. The third-order valence-corrected chi connectivity index (χ3v) is 3.15. The lowest BCUT2D eigenvalue weighted by Crippen LogP contribution is -1.94.